The molecule has 0 fully saturated rings. The van der Waals surface area contributed by atoms with Gasteiger partial charge in [-0.05, 0) is 319 Å². The highest BCUT2D eigenvalue weighted by Gasteiger charge is 2.46. The fourth-order valence-electron chi connectivity index (χ4n) is 13.4. The van der Waals surface area contributed by atoms with E-state index in [9.17, 15) is 0 Å². The number of halogens is 3. The minimum Gasteiger partial charge on any atom is -0.439 e. The molecule has 3 unspecified atom stereocenters. The van der Waals surface area contributed by atoms with Crippen LogP contribution in [0, 0.1) is 0 Å². The van der Waals surface area contributed by atoms with Crippen LogP contribution < -0.4 is 0 Å². The van der Waals surface area contributed by atoms with Gasteiger partial charge in [-0.1, -0.05) is 71.3 Å². The topological polar surface area (TPSA) is 161 Å². The zero-order chi connectivity index (χ0) is 81.6. The zero-order valence-electron chi connectivity index (χ0n) is 75.2. The summed E-state index contributed by atoms with van der Waals surface area (Å²) < 4.78 is 95.7. The molecular formula is C62H179Cl3O15Si24. The zero-order valence-corrected chi connectivity index (χ0v) is 104. The highest BCUT2D eigenvalue weighted by molar-refractivity contribution is 7.45. The van der Waals surface area contributed by atoms with E-state index in [1.807, 2.05) is 12.6 Å². The average molecular weight is 1950 g/mol. The van der Waals surface area contributed by atoms with E-state index in [1.54, 1.807) is 6.08 Å². The van der Waals surface area contributed by atoms with Gasteiger partial charge in [0.2, 0.25) is 0 Å². The molecule has 0 aliphatic carbocycles. The van der Waals surface area contributed by atoms with E-state index in [0.717, 1.165) is 105 Å². The van der Waals surface area contributed by atoms with E-state index in [-0.39, 0.29) is 12.9 Å². The second-order valence-electron chi connectivity index (χ2n) is 35.3. The van der Waals surface area contributed by atoms with Crippen molar-refractivity contribution < 1.29 is 63.1 Å². The van der Waals surface area contributed by atoms with Crippen molar-refractivity contribution in [1.82, 2.24) is 0 Å². The smallest absolute Gasteiger partial charge is 0.317 e. The van der Waals surface area contributed by atoms with Gasteiger partial charge in [-0.25, -0.2) is 0 Å². The maximum atomic E-state index is 7.39. The maximum absolute atomic E-state index is 7.39. The second kappa shape index (κ2) is 58.0. The van der Waals surface area contributed by atoms with Crippen LogP contribution >= 0.6 is 33.2 Å². The Labute approximate surface area is 696 Å². The fourth-order valence-corrected chi connectivity index (χ4v) is 98.5. The molecule has 0 bridgehead atoms. The lowest BCUT2D eigenvalue weighted by Crippen LogP contribution is -2.53. The van der Waals surface area contributed by atoms with Crippen LogP contribution in [0.2, 0.25) is 334 Å². The van der Waals surface area contributed by atoms with Gasteiger partial charge in [0.15, 0.2) is 123 Å². The van der Waals surface area contributed by atoms with Crippen molar-refractivity contribution in [1.29, 1.82) is 0 Å². The van der Waals surface area contributed by atoms with Crippen molar-refractivity contribution in [2.45, 2.75) is 374 Å². The van der Waals surface area contributed by atoms with Crippen molar-refractivity contribution in [3.05, 3.63) is 25.3 Å². The van der Waals surface area contributed by atoms with Gasteiger partial charge < -0.3 is 63.1 Å². The Morgan fingerprint density at radius 2 is 0.433 bits per heavy atom. The molecule has 634 valence electrons. The molecule has 2 N–H and O–H groups in total. The molecule has 0 rings (SSSR count). The molecule has 0 saturated heterocycles. The number of rotatable bonds is 52. The first-order valence-electron chi connectivity index (χ1n) is 39.5. The molecule has 0 aromatic heterocycles. The van der Waals surface area contributed by atoms with Crippen LogP contribution in [0.1, 0.15) is 39.5 Å². The van der Waals surface area contributed by atoms with Gasteiger partial charge in [0.05, 0.1) is 0 Å². The Bertz CT molecular complexity index is 2140. The standard InChI is InChI=1S/C46H130O12Si18.C8H22O2Si3.C4H8Cl2Si.C2H7ClSi.CH6Si.CH4.H2O/c1-59(2)47-72(27,48-60(3)4)42-32-39-68(19,20)56-74(29,51-63(9)10)44-34-37-66(15,16)54-71(25,26)55-67(17,18)38-35-45-75(30,52-64(11)12)58-70(23,24)41-36-46-76(31,53-65(13)14)57-69(21,22)40-33-43-73(28,49-61(5)6)50-62(7)8;1-7-8-13(6,9-11(2)3)10-12(4)5;1-3-4-7(2,5)6;1-4(2)3;1-2;;/h59-65H,32-46H2,1-31H3;7,11-12H,1,8H2,2-6H3;3H,1,4H2,2H3;4H,1-2H3;1-2H3;1H4;1H2. The second-order valence-corrected chi connectivity index (χ2v) is 119. The number of hydrogen-bond donors (Lipinski definition) is 0. The van der Waals surface area contributed by atoms with Gasteiger partial charge in [0, 0.05) is 6.04 Å². The summed E-state index contributed by atoms with van der Waals surface area (Å²) in [6.07, 6.45) is 9.17. The Balaban J connectivity index is -0.000000565. The molecule has 0 heterocycles. The normalized spacial score (nSPS) is 15.0. The molecule has 0 amide bonds. The molecule has 0 aliphatic heterocycles. The molecule has 0 radical (unpaired) electrons. The molecule has 3 atom stereocenters. The fraction of sp³-hybridized carbons (Fsp3) is 0.935. The molecule has 0 spiro atoms. The highest BCUT2D eigenvalue weighted by atomic mass is 35.7. The summed E-state index contributed by atoms with van der Waals surface area (Å²) in [5, 5.41) is 0. The summed E-state index contributed by atoms with van der Waals surface area (Å²) in [5.41, 5.74) is 0. The van der Waals surface area contributed by atoms with Crippen LogP contribution in [-0.2, 0) is 57.6 Å². The predicted molar refractivity (Wildman–Crippen MR) is 535 cm³/mol. The van der Waals surface area contributed by atoms with E-state index in [4.69, 9.17) is 90.8 Å². The van der Waals surface area contributed by atoms with Gasteiger partial charge >= 0.3 is 59.9 Å². The molecule has 15 nitrogen and oxygen atoms in total. The Hall–Kier alpha value is 4.96. The third kappa shape index (κ3) is 73.3. The van der Waals surface area contributed by atoms with Gasteiger partial charge in [-0.15, -0.1) is 35.3 Å². The van der Waals surface area contributed by atoms with E-state index < -0.39 is 198 Å². The van der Waals surface area contributed by atoms with Crippen LogP contribution in [0.5, 0.6) is 0 Å². The molecule has 42 heteroatoms. The largest absolute Gasteiger partial charge is 0.439 e. The van der Waals surface area contributed by atoms with Crippen LogP contribution in [0.15, 0.2) is 25.3 Å². The van der Waals surface area contributed by atoms with Crippen molar-refractivity contribution in [2.24, 2.45) is 0 Å². The Morgan fingerprint density at radius 1 is 0.279 bits per heavy atom. The van der Waals surface area contributed by atoms with Crippen molar-refractivity contribution >= 4 is 241 Å². The first-order valence-corrected chi connectivity index (χ1v) is 109. The number of allylic oxidation sites excluding steroid dienone is 2. The molecule has 0 aliphatic rings. The molecule has 0 saturated carbocycles. The molecule has 0 aromatic rings. The lowest BCUT2D eigenvalue weighted by atomic mass is 10.6. The van der Waals surface area contributed by atoms with Crippen molar-refractivity contribution in [3.8, 4) is 0 Å². The average Bonchev–Trinajstić information content (AvgIpc) is 0.836. The SMILES string of the molecule is C.C=CC[Si](C)(Cl)Cl.C=CC[Si](C)(O[SiH](C)C)O[SiH](C)C.C[SiH3].C[SiH](C)Cl.C[SiH](C)O[Si](C)(CCC[Si](C)(C)O[Si](C)(CCC[Si](C)(C)O[Si](C)(C)O[Si](C)(C)CCC[Si](C)(O[SiH](C)C)O[Si](C)(C)CCC[Si](C)(O[SiH](C)C)O[Si](C)(C)CCC[Si](C)(O[SiH](C)C)O[SiH](C)C)O[SiH](C)C)O[SiH](C)C.O. The summed E-state index contributed by atoms with van der Waals surface area (Å²) in [4.78, 5) is 0. The van der Waals surface area contributed by atoms with Crippen LogP contribution in [0.25, 0.3) is 0 Å². The minimum absolute atomic E-state index is 0. The van der Waals surface area contributed by atoms with Gasteiger partial charge in [0.25, 0.3) is 6.69 Å². The first-order chi connectivity index (χ1) is 45.7. The third-order valence-electron chi connectivity index (χ3n) is 15.0. The Morgan fingerprint density at radius 3 is 0.587 bits per heavy atom. The summed E-state index contributed by atoms with van der Waals surface area (Å²) in [5.74, 6) is 0. The van der Waals surface area contributed by atoms with Crippen LogP contribution in [0.3, 0.4) is 0 Å². The van der Waals surface area contributed by atoms with E-state index in [1.165, 1.54) is 10.2 Å². The first kappa shape index (κ1) is 122. The van der Waals surface area contributed by atoms with E-state index >= 15 is 0 Å². The third-order valence-corrected chi connectivity index (χ3v) is 87.1. The Kier molecular flexibility index (Phi) is 68.1. The van der Waals surface area contributed by atoms with Gasteiger partial charge in [-0.3, -0.25) is 0 Å². The van der Waals surface area contributed by atoms with Gasteiger partial charge in [-0.2, -0.15) is 11.1 Å². The summed E-state index contributed by atoms with van der Waals surface area (Å²) in [6.45, 7) is 97.0. The number of hydrogen-bond acceptors (Lipinski definition) is 14. The van der Waals surface area contributed by atoms with E-state index in [0.29, 0.717) is 0 Å². The monoisotopic (exact) mass is 1940 g/mol. The van der Waals surface area contributed by atoms with E-state index in [2.05, 4.69) is 268 Å². The lowest BCUT2D eigenvalue weighted by molar-refractivity contribution is 0.379. The van der Waals surface area contributed by atoms with Crippen molar-refractivity contribution in [2.75, 3.05) is 0 Å². The summed E-state index contributed by atoms with van der Waals surface area (Å²) in [6, 6.07) is 12.4. The highest BCUT2D eigenvalue weighted by Crippen LogP contribution is 2.36. The van der Waals surface area contributed by atoms with Crippen LogP contribution in [0.4, 0.5) is 0 Å². The minimum atomic E-state index is -2.43. The van der Waals surface area contributed by atoms with Gasteiger partial charge in [0.1, 0.15) is 8.11 Å². The summed E-state index contributed by atoms with van der Waals surface area (Å²) >= 11 is 16.7. The lowest BCUT2D eigenvalue weighted by Gasteiger charge is -2.41. The molecular weight excluding hydrogens is 1770 g/mol. The molecule has 104 heavy (non-hydrogen) atoms. The molecule has 0 aromatic carbocycles. The van der Waals surface area contributed by atoms with Crippen molar-refractivity contribution in [3.63, 3.8) is 0 Å². The summed E-state index contributed by atoms with van der Waals surface area (Å²) in [7, 11) is -35.8. The maximum Gasteiger partial charge on any atom is 0.317 e. The quantitative estimate of drug-likeness (QED) is 0.0321. The predicted octanol–water partition coefficient (Wildman–Crippen LogP) is 20.5. The van der Waals surface area contributed by atoms with Crippen LogP contribution in [-0.4, -0.2) is 213 Å².